The average molecular weight is 606 g/mol. The number of hydrogen-bond acceptors (Lipinski definition) is 6. The van der Waals surface area contributed by atoms with Gasteiger partial charge in [0.05, 0.1) is 17.3 Å². The molecule has 2 amide bonds. The second-order valence-electron chi connectivity index (χ2n) is 10.9. The number of nitrogens with one attached hydrogen (secondary N) is 1. The molecule has 1 unspecified atom stereocenters. The fourth-order valence-electron chi connectivity index (χ4n) is 5.53. The van der Waals surface area contributed by atoms with E-state index in [-0.39, 0.29) is 29.7 Å². The van der Waals surface area contributed by atoms with Crippen LogP contribution < -0.4 is 5.32 Å². The largest absolute Gasteiger partial charge is 0.445 e. The van der Waals surface area contributed by atoms with Gasteiger partial charge in [0.2, 0.25) is 5.91 Å². The van der Waals surface area contributed by atoms with Gasteiger partial charge in [0, 0.05) is 42.9 Å². The molecule has 0 bridgehead atoms. The van der Waals surface area contributed by atoms with Crippen molar-refractivity contribution in [2.45, 2.75) is 31.9 Å². The summed E-state index contributed by atoms with van der Waals surface area (Å²) < 4.78 is 5.49. The van der Waals surface area contributed by atoms with Crippen LogP contribution in [0.4, 0.5) is 4.79 Å². The van der Waals surface area contributed by atoms with Gasteiger partial charge >= 0.3 is 6.09 Å². The van der Waals surface area contributed by atoms with E-state index < -0.39 is 6.04 Å². The Bertz CT molecular complexity index is 1740. The Morgan fingerprint density at radius 1 is 0.909 bits per heavy atom. The van der Waals surface area contributed by atoms with Crippen LogP contribution in [0.25, 0.3) is 22.2 Å². The van der Waals surface area contributed by atoms with Crippen LogP contribution in [0, 0.1) is 5.92 Å². The summed E-state index contributed by atoms with van der Waals surface area (Å²) in [5.74, 6) is 0.0192. The van der Waals surface area contributed by atoms with Crippen molar-refractivity contribution in [1.82, 2.24) is 25.2 Å². The normalized spacial score (nSPS) is 14.2. The highest BCUT2D eigenvalue weighted by atomic mass is 35.5. The first-order chi connectivity index (χ1) is 21.5. The maximum Gasteiger partial charge on any atom is 0.410 e. The Labute approximate surface area is 261 Å². The smallest absolute Gasteiger partial charge is 0.410 e. The van der Waals surface area contributed by atoms with Crippen LogP contribution in [-0.4, -0.2) is 44.9 Å². The van der Waals surface area contributed by atoms with E-state index >= 15 is 0 Å². The highest BCUT2D eigenvalue weighted by molar-refractivity contribution is 6.30. The van der Waals surface area contributed by atoms with E-state index in [1.165, 1.54) is 6.20 Å². The molecule has 0 saturated carbocycles. The first-order valence-electron chi connectivity index (χ1n) is 14.7. The van der Waals surface area contributed by atoms with E-state index in [0.717, 1.165) is 33.3 Å². The zero-order valence-corrected chi connectivity index (χ0v) is 24.9. The molecular weight excluding hydrogens is 574 g/mol. The van der Waals surface area contributed by atoms with Gasteiger partial charge in [-0.3, -0.25) is 9.78 Å². The van der Waals surface area contributed by atoms with Crippen LogP contribution in [-0.2, 0) is 16.1 Å². The summed E-state index contributed by atoms with van der Waals surface area (Å²) in [6.45, 7) is 1.34. The lowest BCUT2D eigenvalue weighted by atomic mass is 9.93. The summed E-state index contributed by atoms with van der Waals surface area (Å²) in [6.07, 6.45) is 4.52. The molecular formula is C35H32ClN5O3. The SMILES string of the molecule is O=C(CC1CCN(C(=O)OCc2ccccc2)CC1)NC(c1ccc2ccc(-c3ccccc3)nc2c1)c1nccnc1Cl. The summed E-state index contributed by atoms with van der Waals surface area (Å²) in [5.41, 5.74) is 4.92. The highest BCUT2D eigenvalue weighted by Crippen LogP contribution is 2.30. The number of pyridine rings is 1. The molecule has 1 saturated heterocycles. The highest BCUT2D eigenvalue weighted by Gasteiger charge is 2.28. The number of piperidine rings is 1. The number of nitrogens with zero attached hydrogens (tertiary/aromatic N) is 4. The van der Waals surface area contributed by atoms with E-state index in [1.54, 1.807) is 11.1 Å². The molecule has 8 nitrogen and oxygen atoms in total. The molecule has 5 aromatic rings. The topological polar surface area (TPSA) is 97.3 Å². The van der Waals surface area contributed by atoms with Gasteiger partial charge in [-0.05, 0) is 42.0 Å². The minimum Gasteiger partial charge on any atom is -0.445 e. The van der Waals surface area contributed by atoms with Crippen LogP contribution >= 0.6 is 11.6 Å². The Balaban J connectivity index is 1.13. The molecule has 9 heteroatoms. The molecule has 2 aromatic heterocycles. The van der Waals surface area contributed by atoms with E-state index in [9.17, 15) is 9.59 Å². The van der Waals surface area contributed by atoms with Crippen molar-refractivity contribution < 1.29 is 14.3 Å². The number of hydrogen-bond donors (Lipinski definition) is 1. The second kappa shape index (κ2) is 13.7. The number of carbonyl (C=O) groups excluding carboxylic acids is 2. The molecule has 1 N–H and O–H groups in total. The van der Waals surface area contributed by atoms with E-state index in [2.05, 4.69) is 15.3 Å². The quantitative estimate of drug-likeness (QED) is 0.205. The Hall–Kier alpha value is -4.82. The minimum absolute atomic E-state index is 0.118. The molecule has 222 valence electrons. The number of ether oxygens (including phenoxy) is 1. The number of amides is 2. The van der Waals surface area contributed by atoms with Gasteiger partial charge in [0.25, 0.3) is 0 Å². The lowest BCUT2D eigenvalue weighted by Gasteiger charge is -2.31. The third kappa shape index (κ3) is 7.03. The zero-order valence-electron chi connectivity index (χ0n) is 24.1. The molecule has 0 spiro atoms. The first-order valence-corrected chi connectivity index (χ1v) is 15.1. The van der Waals surface area contributed by atoms with Gasteiger partial charge in [-0.1, -0.05) is 90.5 Å². The third-order valence-corrected chi connectivity index (χ3v) is 8.22. The van der Waals surface area contributed by atoms with Gasteiger partial charge < -0.3 is 15.0 Å². The van der Waals surface area contributed by atoms with Crippen molar-refractivity contribution in [3.05, 3.63) is 125 Å². The molecule has 1 atom stereocenters. The second-order valence-corrected chi connectivity index (χ2v) is 11.3. The number of carbonyl (C=O) groups is 2. The molecule has 3 aromatic carbocycles. The number of aromatic nitrogens is 3. The molecule has 0 radical (unpaired) electrons. The lowest BCUT2D eigenvalue weighted by molar-refractivity contribution is -0.122. The monoisotopic (exact) mass is 605 g/mol. The third-order valence-electron chi connectivity index (χ3n) is 7.93. The molecule has 44 heavy (non-hydrogen) atoms. The molecule has 0 aliphatic carbocycles. The van der Waals surface area contributed by atoms with Gasteiger partial charge in [-0.25, -0.2) is 14.8 Å². The van der Waals surface area contributed by atoms with Gasteiger partial charge in [0.1, 0.15) is 12.3 Å². The predicted octanol–water partition coefficient (Wildman–Crippen LogP) is 6.99. The number of rotatable bonds is 8. The van der Waals surface area contributed by atoms with Crippen LogP contribution in [0.2, 0.25) is 5.15 Å². The molecule has 1 fully saturated rings. The van der Waals surface area contributed by atoms with Crippen LogP contribution in [0.1, 0.15) is 42.1 Å². The Kier molecular flexibility index (Phi) is 9.08. The number of benzene rings is 3. The summed E-state index contributed by atoms with van der Waals surface area (Å²) in [4.78, 5) is 41.3. The maximum atomic E-state index is 13.4. The standard InChI is InChI=1S/C35H32ClN5O3/c36-34-33(37-17-18-38-34)32(28-12-11-27-13-14-29(39-30(27)22-28)26-9-5-2-6-10-26)40-31(42)21-24-15-19-41(20-16-24)35(43)44-23-25-7-3-1-4-8-25/h1-14,17-18,22,24,32H,15-16,19-21,23H2,(H,40,42). The first kappa shape index (κ1) is 29.3. The van der Waals surface area contributed by atoms with Crippen LogP contribution in [0.3, 0.4) is 0 Å². The molecule has 1 aliphatic rings. The van der Waals surface area contributed by atoms with Crippen molar-refractivity contribution in [2.24, 2.45) is 5.92 Å². The van der Waals surface area contributed by atoms with E-state index in [1.807, 2.05) is 91.0 Å². The van der Waals surface area contributed by atoms with Crippen molar-refractivity contribution in [3.63, 3.8) is 0 Å². The summed E-state index contributed by atoms with van der Waals surface area (Å²) in [5, 5.41) is 4.37. The number of halogens is 1. The van der Waals surface area contributed by atoms with Crippen molar-refractivity contribution in [3.8, 4) is 11.3 Å². The molecule has 1 aliphatic heterocycles. The molecule has 3 heterocycles. The number of fused-ring (bicyclic) bond motifs is 1. The van der Waals surface area contributed by atoms with Gasteiger partial charge in [-0.2, -0.15) is 0 Å². The Morgan fingerprint density at radius 3 is 2.36 bits per heavy atom. The summed E-state index contributed by atoms with van der Waals surface area (Å²) in [6, 6.07) is 29.0. The minimum atomic E-state index is -0.608. The number of likely N-dealkylation sites (tertiary alicyclic amines) is 1. The fourth-order valence-corrected chi connectivity index (χ4v) is 5.75. The van der Waals surface area contributed by atoms with Gasteiger partial charge in [0.15, 0.2) is 5.15 Å². The zero-order chi connectivity index (χ0) is 30.3. The predicted molar refractivity (Wildman–Crippen MR) is 170 cm³/mol. The van der Waals surface area contributed by atoms with Crippen molar-refractivity contribution in [1.29, 1.82) is 0 Å². The van der Waals surface area contributed by atoms with Crippen molar-refractivity contribution >= 4 is 34.5 Å². The van der Waals surface area contributed by atoms with Gasteiger partial charge in [-0.15, -0.1) is 0 Å². The fraction of sp³-hybridized carbons (Fsp3) is 0.229. The molecule has 6 rings (SSSR count). The summed E-state index contributed by atoms with van der Waals surface area (Å²) >= 11 is 6.49. The average Bonchev–Trinajstić information content (AvgIpc) is 3.07. The Morgan fingerprint density at radius 2 is 1.61 bits per heavy atom. The maximum absolute atomic E-state index is 13.4. The summed E-state index contributed by atoms with van der Waals surface area (Å²) in [7, 11) is 0. The van der Waals surface area contributed by atoms with E-state index in [0.29, 0.717) is 38.0 Å². The van der Waals surface area contributed by atoms with Crippen molar-refractivity contribution in [2.75, 3.05) is 13.1 Å². The van der Waals surface area contributed by atoms with Crippen LogP contribution in [0.15, 0.2) is 103 Å². The lowest BCUT2D eigenvalue weighted by Crippen LogP contribution is -2.40. The van der Waals surface area contributed by atoms with E-state index in [4.69, 9.17) is 21.3 Å². The van der Waals surface area contributed by atoms with Crippen LogP contribution in [0.5, 0.6) is 0 Å².